The van der Waals surface area contributed by atoms with Crippen molar-refractivity contribution in [2.75, 3.05) is 0 Å². The van der Waals surface area contributed by atoms with Crippen LogP contribution in [0.2, 0.25) is 0 Å². The molecule has 1 heterocycles. The summed E-state index contributed by atoms with van der Waals surface area (Å²) in [6.07, 6.45) is 2.11. The van der Waals surface area contributed by atoms with Crippen LogP contribution < -0.4 is 0 Å². The van der Waals surface area contributed by atoms with Gasteiger partial charge >= 0.3 is 0 Å². The first-order chi connectivity index (χ1) is 7.65. The molecule has 0 aromatic carbocycles. The first kappa shape index (κ1) is 11.1. The Morgan fingerprint density at radius 3 is 2.75 bits per heavy atom. The van der Waals surface area contributed by atoms with Crippen molar-refractivity contribution in [3.63, 3.8) is 0 Å². The topological polar surface area (TPSA) is 74.7 Å². The van der Waals surface area contributed by atoms with Crippen molar-refractivity contribution in [1.82, 2.24) is 15.0 Å². The molecule has 2 unspecified atom stereocenters. The molecule has 5 heteroatoms. The maximum absolute atomic E-state index is 9.59. The SMILES string of the molecule is CC(O)C(C)n1nnc(CC#N)c1C1CC1. The Kier molecular flexibility index (Phi) is 2.92. The van der Waals surface area contributed by atoms with Gasteiger partial charge in [0.1, 0.15) is 5.69 Å². The number of hydrogen-bond acceptors (Lipinski definition) is 4. The van der Waals surface area contributed by atoms with Crippen molar-refractivity contribution in [3.8, 4) is 6.07 Å². The van der Waals surface area contributed by atoms with Crippen LogP contribution in [0.1, 0.15) is 50.0 Å². The molecule has 1 aliphatic rings. The standard InChI is InChI=1S/C11H16N4O/c1-7(8(2)16)15-11(9-3-4-9)10(5-6-12)13-14-15/h7-9,16H,3-5H2,1-2H3. The van der Waals surface area contributed by atoms with Crippen molar-refractivity contribution >= 4 is 0 Å². The van der Waals surface area contributed by atoms with Crippen LogP contribution in [0.4, 0.5) is 0 Å². The van der Waals surface area contributed by atoms with Gasteiger partial charge in [0.05, 0.1) is 30.3 Å². The van der Waals surface area contributed by atoms with Crippen LogP contribution in [0, 0.1) is 11.3 Å². The van der Waals surface area contributed by atoms with E-state index in [-0.39, 0.29) is 6.04 Å². The van der Waals surface area contributed by atoms with Crippen LogP contribution in [0.5, 0.6) is 0 Å². The third-order valence-electron chi connectivity index (χ3n) is 3.10. The third-order valence-corrected chi connectivity index (χ3v) is 3.10. The van der Waals surface area contributed by atoms with Crippen molar-refractivity contribution in [3.05, 3.63) is 11.4 Å². The van der Waals surface area contributed by atoms with Crippen LogP contribution in [-0.4, -0.2) is 26.2 Å². The summed E-state index contributed by atoms with van der Waals surface area (Å²) in [5.41, 5.74) is 1.83. The number of rotatable bonds is 4. The first-order valence-corrected chi connectivity index (χ1v) is 5.64. The summed E-state index contributed by atoms with van der Waals surface area (Å²) < 4.78 is 1.79. The Labute approximate surface area is 94.7 Å². The molecule has 0 spiro atoms. The summed E-state index contributed by atoms with van der Waals surface area (Å²) >= 11 is 0. The van der Waals surface area contributed by atoms with Crippen LogP contribution in [-0.2, 0) is 6.42 Å². The van der Waals surface area contributed by atoms with E-state index in [1.54, 1.807) is 11.6 Å². The van der Waals surface area contributed by atoms with E-state index in [4.69, 9.17) is 5.26 Å². The minimum atomic E-state index is -0.464. The molecule has 2 rings (SSSR count). The van der Waals surface area contributed by atoms with Crippen LogP contribution in [0.25, 0.3) is 0 Å². The highest BCUT2D eigenvalue weighted by Gasteiger charge is 2.33. The lowest BCUT2D eigenvalue weighted by Crippen LogP contribution is -2.21. The van der Waals surface area contributed by atoms with E-state index in [0.717, 1.165) is 24.2 Å². The summed E-state index contributed by atoms with van der Waals surface area (Å²) in [7, 11) is 0. The van der Waals surface area contributed by atoms with E-state index in [9.17, 15) is 5.11 Å². The summed E-state index contributed by atoms with van der Waals surface area (Å²) in [6.45, 7) is 3.66. The molecular weight excluding hydrogens is 204 g/mol. The molecule has 1 saturated carbocycles. The Morgan fingerprint density at radius 1 is 1.56 bits per heavy atom. The summed E-state index contributed by atoms with van der Waals surface area (Å²) in [4.78, 5) is 0. The quantitative estimate of drug-likeness (QED) is 0.826. The van der Waals surface area contributed by atoms with Gasteiger partial charge in [0.25, 0.3) is 0 Å². The Hall–Kier alpha value is -1.41. The lowest BCUT2D eigenvalue weighted by molar-refractivity contribution is 0.129. The Morgan fingerprint density at radius 2 is 2.25 bits per heavy atom. The fourth-order valence-corrected chi connectivity index (χ4v) is 1.82. The van der Waals surface area contributed by atoms with Gasteiger partial charge in [-0.25, -0.2) is 4.68 Å². The lowest BCUT2D eigenvalue weighted by atomic mass is 10.1. The molecule has 1 fully saturated rings. The second-order valence-corrected chi connectivity index (χ2v) is 4.46. The molecule has 5 nitrogen and oxygen atoms in total. The monoisotopic (exact) mass is 220 g/mol. The minimum absolute atomic E-state index is 0.0875. The molecule has 16 heavy (non-hydrogen) atoms. The predicted molar refractivity (Wildman–Crippen MR) is 57.7 cm³/mol. The van der Waals surface area contributed by atoms with Gasteiger partial charge in [-0.2, -0.15) is 5.26 Å². The average molecular weight is 220 g/mol. The highest BCUT2D eigenvalue weighted by atomic mass is 16.3. The minimum Gasteiger partial charge on any atom is -0.391 e. The lowest BCUT2D eigenvalue weighted by Gasteiger charge is -2.17. The maximum atomic E-state index is 9.59. The zero-order valence-electron chi connectivity index (χ0n) is 9.59. The fourth-order valence-electron chi connectivity index (χ4n) is 1.82. The second kappa shape index (κ2) is 4.22. The first-order valence-electron chi connectivity index (χ1n) is 5.64. The molecule has 2 atom stereocenters. The third kappa shape index (κ3) is 1.93. The Bertz CT molecular complexity index is 414. The number of aliphatic hydroxyl groups is 1. The smallest absolute Gasteiger partial charge is 0.100 e. The summed E-state index contributed by atoms with van der Waals surface area (Å²) in [6, 6.07) is 2.02. The number of aliphatic hydroxyl groups excluding tert-OH is 1. The van der Waals surface area contributed by atoms with Gasteiger partial charge in [0.15, 0.2) is 0 Å². The highest BCUT2D eigenvalue weighted by Crippen LogP contribution is 2.42. The van der Waals surface area contributed by atoms with Gasteiger partial charge in [-0.1, -0.05) is 5.21 Å². The van der Waals surface area contributed by atoms with E-state index in [2.05, 4.69) is 16.4 Å². The number of nitrogens with zero attached hydrogens (tertiary/aromatic N) is 4. The number of hydrogen-bond donors (Lipinski definition) is 1. The van der Waals surface area contributed by atoms with Crippen LogP contribution >= 0.6 is 0 Å². The largest absolute Gasteiger partial charge is 0.391 e. The molecule has 1 aromatic rings. The zero-order valence-corrected chi connectivity index (χ0v) is 9.59. The van der Waals surface area contributed by atoms with Crippen molar-refractivity contribution in [2.45, 2.75) is 51.2 Å². The molecule has 1 N–H and O–H groups in total. The molecule has 0 bridgehead atoms. The molecule has 0 aliphatic heterocycles. The van der Waals surface area contributed by atoms with Gasteiger partial charge in [-0.3, -0.25) is 0 Å². The van der Waals surface area contributed by atoms with E-state index in [0.29, 0.717) is 12.3 Å². The summed E-state index contributed by atoms with van der Waals surface area (Å²) in [5, 5.41) is 26.4. The molecule has 0 amide bonds. The van der Waals surface area contributed by atoms with E-state index < -0.39 is 6.10 Å². The van der Waals surface area contributed by atoms with E-state index in [1.807, 2.05) is 6.92 Å². The average Bonchev–Trinajstić information content (AvgIpc) is 3.00. The molecule has 0 radical (unpaired) electrons. The van der Waals surface area contributed by atoms with Gasteiger partial charge in [0.2, 0.25) is 0 Å². The number of nitriles is 1. The normalized spacial score (nSPS) is 19.1. The van der Waals surface area contributed by atoms with Crippen molar-refractivity contribution < 1.29 is 5.11 Å². The number of aromatic nitrogens is 3. The van der Waals surface area contributed by atoms with Crippen LogP contribution in [0.15, 0.2) is 0 Å². The molecule has 0 saturated heterocycles. The van der Waals surface area contributed by atoms with Crippen molar-refractivity contribution in [2.24, 2.45) is 0 Å². The van der Waals surface area contributed by atoms with Crippen LogP contribution in [0.3, 0.4) is 0 Å². The Balaban J connectivity index is 2.34. The predicted octanol–water partition coefficient (Wildman–Crippen LogP) is 1.16. The van der Waals surface area contributed by atoms with E-state index in [1.165, 1.54) is 0 Å². The van der Waals surface area contributed by atoms with E-state index >= 15 is 0 Å². The zero-order chi connectivity index (χ0) is 11.7. The summed E-state index contributed by atoms with van der Waals surface area (Å²) in [5.74, 6) is 0.486. The molecule has 1 aromatic heterocycles. The van der Waals surface area contributed by atoms with Gasteiger partial charge in [-0.05, 0) is 26.7 Å². The molecule has 1 aliphatic carbocycles. The highest BCUT2D eigenvalue weighted by molar-refractivity contribution is 5.23. The fraction of sp³-hybridized carbons (Fsp3) is 0.727. The molecule has 86 valence electrons. The van der Waals surface area contributed by atoms with Gasteiger partial charge in [0, 0.05) is 5.92 Å². The maximum Gasteiger partial charge on any atom is 0.100 e. The molecular formula is C11H16N4O. The van der Waals surface area contributed by atoms with Crippen molar-refractivity contribution in [1.29, 1.82) is 5.26 Å². The second-order valence-electron chi connectivity index (χ2n) is 4.46. The van der Waals surface area contributed by atoms with Gasteiger partial charge in [-0.15, -0.1) is 5.10 Å². The van der Waals surface area contributed by atoms with Gasteiger partial charge < -0.3 is 5.11 Å².